The predicted octanol–water partition coefficient (Wildman–Crippen LogP) is 5.40. The summed E-state index contributed by atoms with van der Waals surface area (Å²) in [7, 11) is -2.19. The van der Waals surface area contributed by atoms with Crippen LogP contribution in [0.25, 0.3) is 10.6 Å². The van der Waals surface area contributed by atoms with Gasteiger partial charge in [0, 0.05) is 36.0 Å². The maximum Gasteiger partial charge on any atom is 0.242 e. The van der Waals surface area contributed by atoms with Crippen molar-refractivity contribution >= 4 is 48.3 Å². The molecule has 0 fully saturated rings. The number of sulfonamides is 1. The lowest BCUT2D eigenvalue weighted by molar-refractivity contribution is -0.116. The van der Waals surface area contributed by atoms with E-state index in [1.165, 1.54) is 22.7 Å². The normalized spacial score (nSPS) is 12.4. The Hall–Kier alpha value is -2.92. The number of carbonyl (C=O) groups is 1. The molecule has 0 bridgehead atoms. The zero-order valence-corrected chi connectivity index (χ0v) is 22.1. The monoisotopic (exact) mass is 570 g/mol. The Morgan fingerprint density at radius 3 is 2.26 bits per heavy atom. The number of likely N-dealkylation sites (N-methyl/N-ethyl adjacent to an activating group) is 1. The van der Waals surface area contributed by atoms with E-state index in [0.717, 1.165) is 15.6 Å². The Labute approximate surface area is 217 Å². The molecule has 1 unspecified atom stereocenters. The third kappa shape index (κ3) is 6.40. The SMILES string of the molecule is CN(CC(CC(=O)Nc1nnc(-c2ccccc2)s1)c1ccccc1)S(=O)(=O)c1ccc(Br)cc1. The van der Waals surface area contributed by atoms with Gasteiger partial charge in [-0.1, -0.05) is 87.9 Å². The fourth-order valence-corrected chi connectivity index (χ4v) is 5.82. The highest BCUT2D eigenvalue weighted by molar-refractivity contribution is 9.10. The van der Waals surface area contributed by atoms with Gasteiger partial charge in [-0.05, 0) is 29.8 Å². The van der Waals surface area contributed by atoms with Crippen molar-refractivity contribution in [1.82, 2.24) is 14.5 Å². The lowest BCUT2D eigenvalue weighted by atomic mass is 9.95. The summed E-state index contributed by atoms with van der Waals surface area (Å²) in [6, 6.07) is 25.5. The molecule has 1 amide bonds. The highest BCUT2D eigenvalue weighted by Crippen LogP contribution is 2.28. The van der Waals surface area contributed by atoms with Crippen LogP contribution in [0.5, 0.6) is 0 Å². The molecule has 1 N–H and O–H groups in total. The number of anilines is 1. The minimum Gasteiger partial charge on any atom is -0.301 e. The van der Waals surface area contributed by atoms with Gasteiger partial charge < -0.3 is 5.32 Å². The van der Waals surface area contributed by atoms with Gasteiger partial charge in [-0.25, -0.2) is 12.7 Å². The second-order valence-corrected chi connectivity index (χ2v) is 11.8. The van der Waals surface area contributed by atoms with Crippen LogP contribution in [-0.2, 0) is 14.8 Å². The number of hydrogen-bond donors (Lipinski definition) is 1. The first kappa shape index (κ1) is 25.2. The zero-order valence-electron chi connectivity index (χ0n) is 18.8. The van der Waals surface area contributed by atoms with Gasteiger partial charge in [0.25, 0.3) is 0 Å². The number of halogens is 1. The van der Waals surface area contributed by atoms with Crippen LogP contribution in [0.15, 0.2) is 94.3 Å². The molecule has 0 saturated carbocycles. The first-order chi connectivity index (χ1) is 16.8. The maximum absolute atomic E-state index is 13.1. The molecule has 0 saturated heterocycles. The van der Waals surface area contributed by atoms with E-state index in [4.69, 9.17) is 0 Å². The van der Waals surface area contributed by atoms with Gasteiger partial charge in [-0.3, -0.25) is 4.79 Å². The molecule has 4 rings (SSSR count). The van der Waals surface area contributed by atoms with Gasteiger partial charge in [-0.2, -0.15) is 0 Å². The van der Waals surface area contributed by atoms with Crippen LogP contribution in [0.2, 0.25) is 0 Å². The number of hydrogen-bond acceptors (Lipinski definition) is 6. The molecule has 0 radical (unpaired) electrons. The second-order valence-electron chi connectivity index (χ2n) is 7.88. The molecule has 35 heavy (non-hydrogen) atoms. The highest BCUT2D eigenvalue weighted by Gasteiger charge is 2.26. The minimum absolute atomic E-state index is 0.0878. The fourth-order valence-electron chi connectivity index (χ4n) is 3.57. The van der Waals surface area contributed by atoms with Crippen molar-refractivity contribution in [3.8, 4) is 10.6 Å². The van der Waals surface area contributed by atoms with Gasteiger partial charge in [0.1, 0.15) is 5.01 Å². The molecular formula is C25H23BrN4O3S2. The molecule has 1 atom stereocenters. The molecule has 180 valence electrons. The van der Waals surface area contributed by atoms with E-state index >= 15 is 0 Å². The van der Waals surface area contributed by atoms with Crippen molar-refractivity contribution in [2.45, 2.75) is 17.2 Å². The van der Waals surface area contributed by atoms with E-state index in [-0.39, 0.29) is 29.7 Å². The first-order valence-corrected chi connectivity index (χ1v) is 13.8. The summed E-state index contributed by atoms with van der Waals surface area (Å²) in [5.41, 5.74) is 1.80. The van der Waals surface area contributed by atoms with E-state index in [9.17, 15) is 13.2 Å². The number of rotatable bonds is 9. The van der Waals surface area contributed by atoms with Crippen LogP contribution in [0.1, 0.15) is 17.9 Å². The lowest BCUT2D eigenvalue weighted by Gasteiger charge is -2.24. The number of nitrogens with zero attached hydrogens (tertiary/aromatic N) is 3. The van der Waals surface area contributed by atoms with E-state index in [1.54, 1.807) is 24.3 Å². The number of benzene rings is 3. The fraction of sp³-hybridized carbons (Fsp3) is 0.160. The molecule has 1 heterocycles. The Kier molecular flexibility index (Phi) is 8.07. The zero-order chi connectivity index (χ0) is 24.8. The summed E-state index contributed by atoms with van der Waals surface area (Å²) in [5.74, 6) is -0.614. The van der Waals surface area contributed by atoms with Crippen LogP contribution in [-0.4, -0.2) is 42.4 Å². The predicted molar refractivity (Wildman–Crippen MR) is 142 cm³/mol. The van der Waals surface area contributed by atoms with Gasteiger partial charge in [0.15, 0.2) is 0 Å². The average molecular weight is 572 g/mol. The van der Waals surface area contributed by atoms with Crippen LogP contribution >= 0.6 is 27.3 Å². The summed E-state index contributed by atoms with van der Waals surface area (Å²) in [6.07, 6.45) is 0.0878. The van der Waals surface area contributed by atoms with Crippen molar-refractivity contribution < 1.29 is 13.2 Å². The van der Waals surface area contributed by atoms with Crippen molar-refractivity contribution in [3.63, 3.8) is 0 Å². The average Bonchev–Trinajstić information content (AvgIpc) is 3.33. The summed E-state index contributed by atoms with van der Waals surface area (Å²) in [5, 5.41) is 12.2. The second kappa shape index (κ2) is 11.2. The summed E-state index contributed by atoms with van der Waals surface area (Å²) >= 11 is 4.62. The molecule has 0 aliphatic rings. The van der Waals surface area contributed by atoms with E-state index < -0.39 is 10.0 Å². The Bertz CT molecular complexity index is 1380. The topological polar surface area (TPSA) is 92.3 Å². The van der Waals surface area contributed by atoms with Gasteiger partial charge in [-0.15, -0.1) is 10.2 Å². The summed E-state index contributed by atoms with van der Waals surface area (Å²) in [6.45, 7) is 0.140. The quantitative estimate of drug-likeness (QED) is 0.291. The molecule has 10 heteroatoms. The standard InChI is InChI=1S/C25H23BrN4O3S2/c1-30(35(32,33)22-14-12-21(26)13-15-22)17-20(18-8-4-2-5-9-18)16-23(31)27-25-29-28-24(34-25)19-10-6-3-7-11-19/h2-15,20H,16-17H2,1H3,(H,27,29,31). The van der Waals surface area contributed by atoms with Crippen molar-refractivity contribution in [2.24, 2.45) is 0 Å². The molecule has 1 aromatic heterocycles. The van der Waals surface area contributed by atoms with Crippen LogP contribution in [0.4, 0.5) is 5.13 Å². The number of nitrogens with one attached hydrogen (secondary N) is 1. The number of aromatic nitrogens is 2. The highest BCUT2D eigenvalue weighted by atomic mass is 79.9. The summed E-state index contributed by atoms with van der Waals surface area (Å²) < 4.78 is 28.3. The lowest BCUT2D eigenvalue weighted by Crippen LogP contribution is -2.32. The van der Waals surface area contributed by atoms with E-state index in [2.05, 4.69) is 31.4 Å². The van der Waals surface area contributed by atoms with E-state index in [0.29, 0.717) is 10.1 Å². The van der Waals surface area contributed by atoms with Gasteiger partial charge >= 0.3 is 0 Å². The molecule has 0 aliphatic heterocycles. The number of carbonyl (C=O) groups excluding carboxylic acids is 1. The number of amides is 1. The van der Waals surface area contributed by atoms with Crippen LogP contribution < -0.4 is 5.32 Å². The van der Waals surface area contributed by atoms with Crippen molar-refractivity contribution in [2.75, 3.05) is 18.9 Å². The Morgan fingerprint density at radius 2 is 1.60 bits per heavy atom. The maximum atomic E-state index is 13.1. The Morgan fingerprint density at radius 1 is 0.971 bits per heavy atom. The largest absolute Gasteiger partial charge is 0.301 e. The Balaban J connectivity index is 1.49. The third-order valence-electron chi connectivity index (χ3n) is 5.39. The molecule has 7 nitrogen and oxygen atoms in total. The third-order valence-corrected chi connectivity index (χ3v) is 8.65. The van der Waals surface area contributed by atoms with E-state index in [1.807, 2.05) is 60.7 Å². The molecule has 3 aromatic carbocycles. The van der Waals surface area contributed by atoms with Gasteiger partial charge in [0.2, 0.25) is 21.1 Å². The van der Waals surface area contributed by atoms with Gasteiger partial charge in [0.05, 0.1) is 4.90 Å². The summed E-state index contributed by atoms with van der Waals surface area (Å²) in [4.78, 5) is 13.1. The van der Waals surface area contributed by atoms with Crippen LogP contribution in [0, 0.1) is 0 Å². The molecule has 4 aromatic rings. The van der Waals surface area contributed by atoms with Crippen molar-refractivity contribution in [3.05, 3.63) is 95.0 Å². The first-order valence-electron chi connectivity index (χ1n) is 10.8. The molecule has 0 spiro atoms. The van der Waals surface area contributed by atoms with Crippen LogP contribution in [0.3, 0.4) is 0 Å². The molecular weight excluding hydrogens is 548 g/mol. The smallest absolute Gasteiger partial charge is 0.242 e. The van der Waals surface area contributed by atoms with Crippen molar-refractivity contribution in [1.29, 1.82) is 0 Å². The minimum atomic E-state index is -3.72. The molecule has 0 aliphatic carbocycles.